The predicted octanol–water partition coefficient (Wildman–Crippen LogP) is 4.11. The first-order chi connectivity index (χ1) is 11.5. The van der Waals surface area contributed by atoms with E-state index in [4.69, 9.17) is 11.6 Å². The van der Waals surface area contributed by atoms with Crippen LogP contribution in [0.3, 0.4) is 0 Å². The lowest BCUT2D eigenvalue weighted by atomic mass is 10.2. The molecule has 128 valence electrons. The summed E-state index contributed by atoms with van der Waals surface area (Å²) in [5.74, 6) is -0.645. The van der Waals surface area contributed by atoms with Crippen molar-refractivity contribution in [3.8, 4) is 0 Å². The van der Waals surface area contributed by atoms with Crippen molar-refractivity contribution in [2.45, 2.75) is 39.8 Å². The second-order valence-electron chi connectivity index (χ2n) is 5.51. The highest BCUT2D eigenvalue weighted by Gasteiger charge is 2.11. The molecule has 0 fully saturated rings. The number of nitrogens with zero attached hydrogens (tertiary/aromatic N) is 2. The van der Waals surface area contributed by atoms with E-state index in [9.17, 15) is 9.18 Å². The van der Waals surface area contributed by atoms with Crippen LogP contribution in [0.5, 0.6) is 0 Å². The number of halogens is 2. The van der Waals surface area contributed by atoms with Gasteiger partial charge in [0.25, 0.3) is 0 Å². The fourth-order valence-electron chi connectivity index (χ4n) is 2.25. The fraction of sp³-hybridized carbons (Fsp3) is 0.333. The van der Waals surface area contributed by atoms with Crippen LogP contribution in [0.4, 0.5) is 4.39 Å². The molecule has 0 saturated carbocycles. The molecule has 2 rings (SSSR count). The summed E-state index contributed by atoms with van der Waals surface area (Å²) in [6.07, 6.45) is 5.08. The molecule has 2 aromatic rings. The zero-order valence-electron chi connectivity index (χ0n) is 13.9. The molecule has 1 N–H and O–H groups in total. The van der Waals surface area contributed by atoms with Gasteiger partial charge in [0.1, 0.15) is 11.0 Å². The number of aromatic nitrogens is 2. The number of aryl methyl sites for hydroxylation is 2. The molecule has 0 saturated heterocycles. The van der Waals surface area contributed by atoms with Gasteiger partial charge in [-0.05, 0) is 25.5 Å². The predicted molar refractivity (Wildman–Crippen MR) is 94.2 cm³/mol. The molecule has 1 aromatic heterocycles. The maximum atomic E-state index is 13.5. The maximum absolute atomic E-state index is 13.5. The third-order valence-corrected chi connectivity index (χ3v) is 4.04. The van der Waals surface area contributed by atoms with Gasteiger partial charge in [-0.2, -0.15) is 5.10 Å². The number of amides is 1. The zero-order chi connectivity index (χ0) is 17.5. The van der Waals surface area contributed by atoms with Gasteiger partial charge in [0, 0.05) is 30.3 Å². The molecule has 0 aliphatic rings. The Labute approximate surface area is 146 Å². The van der Waals surface area contributed by atoms with Gasteiger partial charge in [-0.1, -0.05) is 43.1 Å². The Kier molecular flexibility index (Phi) is 6.55. The van der Waals surface area contributed by atoms with Crippen molar-refractivity contribution in [2.24, 2.45) is 0 Å². The highest BCUT2D eigenvalue weighted by Crippen LogP contribution is 2.21. The smallest absolute Gasteiger partial charge is 0.244 e. The molecule has 4 nitrogen and oxygen atoms in total. The molecular formula is C18H21ClFN3O. The summed E-state index contributed by atoms with van der Waals surface area (Å²) in [6.45, 7) is 4.85. The number of rotatable bonds is 7. The maximum Gasteiger partial charge on any atom is 0.244 e. The molecule has 0 radical (unpaired) electrons. The number of hydrogen-bond donors (Lipinski definition) is 1. The molecule has 6 heteroatoms. The topological polar surface area (TPSA) is 46.9 Å². The van der Waals surface area contributed by atoms with E-state index in [1.165, 1.54) is 12.1 Å². The average molecular weight is 350 g/mol. The van der Waals surface area contributed by atoms with Crippen LogP contribution in [0.2, 0.25) is 5.15 Å². The summed E-state index contributed by atoms with van der Waals surface area (Å²) in [5, 5.41) is 7.56. The van der Waals surface area contributed by atoms with Gasteiger partial charge in [0.05, 0.1) is 5.69 Å². The van der Waals surface area contributed by atoms with Crippen LogP contribution in [-0.4, -0.2) is 15.7 Å². The molecule has 1 heterocycles. The standard InChI is InChI=1S/C18H21ClFN3O/c1-3-4-11-23-18(19)15(13(2)22-23)9-10-17(24)21-12-14-7-5-6-8-16(14)20/h5-10H,3-4,11-12H2,1-2H3,(H,21,24)/b10-9+. The van der Waals surface area contributed by atoms with Gasteiger partial charge in [-0.15, -0.1) is 0 Å². The number of carbonyl (C=O) groups excluding carboxylic acids is 1. The number of carbonyl (C=O) groups is 1. The molecule has 0 atom stereocenters. The molecule has 0 aliphatic heterocycles. The van der Waals surface area contributed by atoms with Crippen LogP contribution >= 0.6 is 11.6 Å². The third-order valence-electron chi connectivity index (χ3n) is 3.65. The van der Waals surface area contributed by atoms with Crippen molar-refractivity contribution in [3.63, 3.8) is 0 Å². The van der Waals surface area contributed by atoms with Gasteiger partial charge >= 0.3 is 0 Å². The van der Waals surface area contributed by atoms with Gasteiger partial charge in [0.2, 0.25) is 5.91 Å². The van der Waals surface area contributed by atoms with Crippen molar-refractivity contribution >= 4 is 23.6 Å². The number of unbranched alkanes of at least 4 members (excludes halogenated alkanes) is 1. The van der Waals surface area contributed by atoms with E-state index >= 15 is 0 Å². The molecule has 0 spiro atoms. The van der Waals surface area contributed by atoms with Crippen LogP contribution in [0, 0.1) is 12.7 Å². The normalized spacial score (nSPS) is 11.2. The summed E-state index contributed by atoms with van der Waals surface area (Å²) >= 11 is 6.31. The van der Waals surface area contributed by atoms with Gasteiger partial charge in [-0.25, -0.2) is 4.39 Å². The summed E-state index contributed by atoms with van der Waals surface area (Å²) in [6, 6.07) is 6.35. The summed E-state index contributed by atoms with van der Waals surface area (Å²) in [4.78, 5) is 11.9. The minimum atomic E-state index is -0.335. The number of nitrogens with one attached hydrogen (secondary N) is 1. The monoisotopic (exact) mass is 349 g/mol. The third kappa shape index (κ3) is 4.68. The van der Waals surface area contributed by atoms with Crippen molar-refractivity contribution in [1.82, 2.24) is 15.1 Å². The fourth-order valence-corrected chi connectivity index (χ4v) is 2.58. The average Bonchev–Trinajstić information content (AvgIpc) is 2.84. The van der Waals surface area contributed by atoms with Crippen molar-refractivity contribution in [2.75, 3.05) is 0 Å². The van der Waals surface area contributed by atoms with E-state index in [-0.39, 0.29) is 18.3 Å². The van der Waals surface area contributed by atoms with Crippen LogP contribution < -0.4 is 5.32 Å². The number of hydrogen-bond acceptors (Lipinski definition) is 2. The van der Waals surface area contributed by atoms with E-state index in [0.29, 0.717) is 10.7 Å². The SMILES string of the molecule is CCCCn1nc(C)c(/C=C/C(=O)NCc2ccccc2F)c1Cl. The van der Waals surface area contributed by atoms with Crippen LogP contribution in [0.15, 0.2) is 30.3 Å². The van der Waals surface area contributed by atoms with Gasteiger partial charge in [0.15, 0.2) is 0 Å². The molecule has 24 heavy (non-hydrogen) atoms. The molecule has 1 aromatic carbocycles. The highest BCUT2D eigenvalue weighted by atomic mass is 35.5. The molecule has 0 bridgehead atoms. The summed E-state index contributed by atoms with van der Waals surface area (Å²) in [7, 11) is 0. The molecular weight excluding hydrogens is 329 g/mol. The van der Waals surface area contributed by atoms with Crippen molar-refractivity contribution in [1.29, 1.82) is 0 Å². The molecule has 1 amide bonds. The minimum Gasteiger partial charge on any atom is -0.348 e. The Morgan fingerprint density at radius 3 is 2.88 bits per heavy atom. The largest absolute Gasteiger partial charge is 0.348 e. The molecule has 0 unspecified atom stereocenters. The number of benzene rings is 1. The van der Waals surface area contributed by atoms with Crippen molar-refractivity contribution in [3.05, 3.63) is 58.1 Å². The summed E-state index contributed by atoms with van der Waals surface area (Å²) < 4.78 is 15.3. The van der Waals surface area contributed by atoms with E-state index < -0.39 is 0 Å². The minimum absolute atomic E-state index is 0.137. The first-order valence-corrected chi connectivity index (χ1v) is 8.33. The van der Waals surface area contributed by atoms with Gasteiger partial charge < -0.3 is 5.32 Å². The Hall–Kier alpha value is -2.14. The van der Waals surface area contributed by atoms with E-state index in [2.05, 4.69) is 17.3 Å². The zero-order valence-corrected chi connectivity index (χ0v) is 14.6. The lowest BCUT2D eigenvalue weighted by Gasteiger charge is -2.03. The van der Waals surface area contributed by atoms with Gasteiger partial charge in [-0.3, -0.25) is 9.48 Å². The Balaban J connectivity index is 1.99. The Morgan fingerprint density at radius 2 is 2.17 bits per heavy atom. The van der Waals surface area contributed by atoms with E-state index in [0.717, 1.165) is 30.6 Å². The summed E-state index contributed by atoms with van der Waals surface area (Å²) in [5.41, 5.74) is 1.95. The highest BCUT2D eigenvalue weighted by molar-refractivity contribution is 6.31. The lowest BCUT2D eigenvalue weighted by molar-refractivity contribution is -0.116. The quantitative estimate of drug-likeness (QED) is 0.764. The second-order valence-corrected chi connectivity index (χ2v) is 5.87. The molecule has 0 aliphatic carbocycles. The van der Waals surface area contributed by atoms with Crippen LogP contribution in [0.1, 0.15) is 36.6 Å². The van der Waals surface area contributed by atoms with Crippen LogP contribution in [0.25, 0.3) is 6.08 Å². The first kappa shape index (κ1) is 18.2. The Bertz CT molecular complexity index is 740. The lowest BCUT2D eigenvalue weighted by Crippen LogP contribution is -2.20. The van der Waals surface area contributed by atoms with Crippen LogP contribution in [-0.2, 0) is 17.9 Å². The van der Waals surface area contributed by atoms with E-state index in [1.54, 1.807) is 29.0 Å². The first-order valence-electron chi connectivity index (χ1n) is 7.95. The van der Waals surface area contributed by atoms with Crippen molar-refractivity contribution < 1.29 is 9.18 Å². The Morgan fingerprint density at radius 1 is 1.42 bits per heavy atom. The van der Waals surface area contributed by atoms with E-state index in [1.807, 2.05) is 6.92 Å². The second kappa shape index (κ2) is 8.64.